The van der Waals surface area contributed by atoms with Crippen molar-refractivity contribution in [3.8, 4) is 5.75 Å². The van der Waals surface area contributed by atoms with Crippen LogP contribution in [0, 0.1) is 5.82 Å². The Balaban J connectivity index is 2.53. The Morgan fingerprint density at radius 2 is 2.31 bits per heavy atom. The van der Waals surface area contributed by atoms with E-state index in [1.807, 2.05) is 0 Å². The Labute approximate surface area is 73.5 Å². The summed E-state index contributed by atoms with van der Waals surface area (Å²) in [7, 11) is 0. The number of carbonyl (C=O) groups excluding carboxylic acids is 1. The Morgan fingerprint density at radius 1 is 1.54 bits per heavy atom. The van der Waals surface area contributed by atoms with E-state index in [0.717, 1.165) is 6.07 Å². The van der Waals surface area contributed by atoms with Gasteiger partial charge in [0.15, 0.2) is 12.4 Å². The van der Waals surface area contributed by atoms with Gasteiger partial charge in [-0.3, -0.25) is 4.79 Å². The predicted octanol–water partition coefficient (Wildman–Crippen LogP) is 0.739. The minimum atomic E-state index is -0.498. The fourth-order valence-corrected chi connectivity index (χ4v) is 1.19. The summed E-state index contributed by atoms with van der Waals surface area (Å²) >= 11 is 0. The van der Waals surface area contributed by atoms with Crippen LogP contribution in [0.4, 0.5) is 15.8 Å². The van der Waals surface area contributed by atoms with Crippen LogP contribution in [-0.2, 0) is 4.79 Å². The highest BCUT2D eigenvalue weighted by molar-refractivity contribution is 5.96. The zero-order valence-electron chi connectivity index (χ0n) is 6.63. The lowest BCUT2D eigenvalue weighted by molar-refractivity contribution is -0.118. The number of fused-ring (bicyclic) bond motifs is 1. The molecule has 0 aliphatic carbocycles. The molecule has 0 aromatic heterocycles. The van der Waals surface area contributed by atoms with Crippen LogP contribution in [-0.4, -0.2) is 12.5 Å². The molecule has 3 N–H and O–H groups in total. The lowest BCUT2D eigenvalue weighted by Gasteiger charge is -2.19. The number of ether oxygens (including phenoxy) is 1. The van der Waals surface area contributed by atoms with Gasteiger partial charge in [0.05, 0.1) is 11.4 Å². The zero-order valence-corrected chi connectivity index (χ0v) is 6.63. The second-order valence-electron chi connectivity index (χ2n) is 2.71. The highest BCUT2D eigenvalue weighted by atomic mass is 19.1. The number of nitrogens with one attached hydrogen (secondary N) is 1. The maximum absolute atomic E-state index is 12.8. The molecule has 0 unspecified atom stereocenters. The fourth-order valence-electron chi connectivity index (χ4n) is 1.19. The molecule has 4 nitrogen and oxygen atoms in total. The van der Waals surface area contributed by atoms with E-state index >= 15 is 0 Å². The highest BCUT2D eigenvalue weighted by Gasteiger charge is 2.18. The van der Waals surface area contributed by atoms with Gasteiger partial charge in [-0.15, -0.1) is 0 Å². The first-order valence-electron chi connectivity index (χ1n) is 3.68. The molecule has 1 aliphatic rings. The van der Waals surface area contributed by atoms with Gasteiger partial charge in [-0.25, -0.2) is 4.39 Å². The minimum absolute atomic E-state index is 0.0805. The molecule has 1 amide bonds. The maximum atomic E-state index is 12.8. The number of amides is 1. The first-order valence-corrected chi connectivity index (χ1v) is 3.68. The van der Waals surface area contributed by atoms with E-state index in [1.165, 1.54) is 6.07 Å². The Morgan fingerprint density at radius 3 is 3.08 bits per heavy atom. The van der Waals surface area contributed by atoms with Crippen molar-refractivity contribution < 1.29 is 13.9 Å². The van der Waals surface area contributed by atoms with Crippen LogP contribution >= 0.6 is 0 Å². The van der Waals surface area contributed by atoms with Gasteiger partial charge in [0.2, 0.25) is 0 Å². The average Bonchev–Trinajstić information content (AvgIpc) is 2.02. The lowest BCUT2D eigenvalue weighted by atomic mass is 10.2. The van der Waals surface area contributed by atoms with Crippen molar-refractivity contribution in [3.05, 3.63) is 17.9 Å². The van der Waals surface area contributed by atoms with Crippen LogP contribution in [0.5, 0.6) is 5.75 Å². The van der Waals surface area contributed by atoms with Crippen molar-refractivity contribution in [1.82, 2.24) is 0 Å². The molecule has 1 aromatic carbocycles. The number of halogens is 1. The van der Waals surface area contributed by atoms with Gasteiger partial charge in [0, 0.05) is 12.1 Å². The summed E-state index contributed by atoms with van der Waals surface area (Å²) in [5.41, 5.74) is 5.95. The molecule has 0 saturated heterocycles. The second-order valence-corrected chi connectivity index (χ2v) is 2.71. The third-order valence-electron chi connectivity index (χ3n) is 1.70. The number of rotatable bonds is 0. The van der Waals surface area contributed by atoms with E-state index in [9.17, 15) is 9.18 Å². The van der Waals surface area contributed by atoms with Gasteiger partial charge in [-0.05, 0) is 0 Å². The molecule has 1 aliphatic heterocycles. The average molecular weight is 182 g/mol. The van der Waals surface area contributed by atoms with Crippen molar-refractivity contribution in [2.24, 2.45) is 0 Å². The standard InChI is InChI=1S/C8H7FN2O2/c9-4-1-5(10)8-6(2-4)11-7(12)3-13-8/h1-2H,3,10H2,(H,11,12). The molecule has 1 aromatic rings. The summed E-state index contributed by atoms with van der Waals surface area (Å²) in [6, 6.07) is 2.32. The number of hydrogen-bond donors (Lipinski definition) is 2. The predicted molar refractivity (Wildman–Crippen MR) is 44.9 cm³/mol. The molecule has 0 spiro atoms. The molecule has 2 rings (SSSR count). The van der Waals surface area contributed by atoms with Crippen LogP contribution in [0.15, 0.2) is 12.1 Å². The van der Waals surface area contributed by atoms with Crippen molar-refractivity contribution in [1.29, 1.82) is 0 Å². The SMILES string of the molecule is Nc1cc(F)cc2c1OCC(=O)N2. The molecule has 0 bridgehead atoms. The molecule has 68 valence electrons. The molecule has 1 heterocycles. The summed E-state index contributed by atoms with van der Waals surface area (Å²) < 4.78 is 17.8. The fraction of sp³-hybridized carbons (Fsp3) is 0.125. The molecule has 13 heavy (non-hydrogen) atoms. The minimum Gasteiger partial charge on any atom is -0.479 e. The summed E-state index contributed by atoms with van der Waals surface area (Å²) in [5, 5.41) is 2.46. The quantitative estimate of drug-likeness (QED) is 0.581. The maximum Gasteiger partial charge on any atom is 0.262 e. The number of nitrogens with two attached hydrogens (primary N) is 1. The van der Waals surface area contributed by atoms with Gasteiger partial charge in [0.1, 0.15) is 5.82 Å². The molecule has 0 fully saturated rings. The normalized spacial score (nSPS) is 14.4. The highest BCUT2D eigenvalue weighted by Crippen LogP contribution is 2.34. The number of carbonyl (C=O) groups is 1. The topological polar surface area (TPSA) is 64.3 Å². The summed E-state index contributed by atoms with van der Waals surface area (Å²) in [4.78, 5) is 10.8. The molecular formula is C8H7FN2O2. The van der Waals surface area contributed by atoms with E-state index in [1.54, 1.807) is 0 Å². The summed E-state index contributed by atoms with van der Waals surface area (Å²) in [6.45, 7) is -0.0805. The number of nitrogen functional groups attached to an aromatic ring is 1. The van der Waals surface area contributed by atoms with E-state index in [0.29, 0.717) is 5.75 Å². The Bertz CT molecular complexity index is 379. The molecule has 5 heteroatoms. The number of benzene rings is 1. The lowest BCUT2D eigenvalue weighted by Crippen LogP contribution is -2.26. The van der Waals surface area contributed by atoms with Crippen LogP contribution in [0.25, 0.3) is 0 Å². The van der Waals surface area contributed by atoms with Crippen molar-refractivity contribution >= 4 is 17.3 Å². The van der Waals surface area contributed by atoms with Crippen LogP contribution < -0.4 is 15.8 Å². The molecular weight excluding hydrogens is 175 g/mol. The van der Waals surface area contributed by atoms with Gasteiger partial charge in [0.25, 0.3) is 5.91 Å². The monoisotopic (exact) mass is 182 g/mol. The third-order valence-corrected chi connectivity index (χ3v) is 1.70. The zero-order chi connectivity index (χ0) is 9.42. The van der Waals surface area contributed by atoms with E-state index < -0.39 is 5.82 Å². The summed E-state index contributed by atoms with van der Waals surface area (Å²) in [5.74, 6) is -0.472. The van der Waals surface area contributed by atoms with E-state index in [4.69, 9.17) is 10.5 Å². The smallest absolute Gasteiger partial charge is 0.262 e. The van der Waals surface area contributed by atoms with E-state index in [-0.39, 0.29) is 23.9 Å². The third kappa shape index (κ3) is 1.28. The number of hydrogen-bond acceptors (Lipinski definition) is 3. The summed E-state index contributed by atoms with van der Waals surface area (Å²) in [6.07, 6.45) is 0. The second kappa shape index (κ2) is 2.62. The molecule has 0 atom stereocenters. The Hall–Kier alpha value is -1.78. The van der Waals surface area contributed by atoms with Gasteiger partial charge in [-0.1, -0.05) is 0 Å². The van der Waals surface area contributed by atoms with Crippen molar-refractivity contribution in [3.63, 3.8) is 0 Å². The Kier molecular flexibility index (Phi) is 1.58. The van der Waals surface area contributed by atoms with Gasteiger partial charge in [-0.2, -0.15) is 0 Å². The van der Waals surface area contributed by atoms with Gasteiger partial charge >= 0.3 is 0 Å². The van der Waals surface area contributed by atoms with Crippen molar-refractivity contribution in [2.75, 3.05) is 17.7 Å². The van der Waals surface area contributed by atoms with Gasteiger partial charge < -0.3 is 15.8 Å². The molecule has 0 radical (unpaired) electrons. The number of anilines is 2. The first-order chi connectivity index (χ1) is 6.16. The van der Waals surface area contributed by atoms with Crippen LogP contribution in [0.2, 0.25) is 0 Å². The van der Waals surface area contributed by atoms with E-state index in [2.05, 4.69) is 5.32 Å². The van der Waals surface area contributed by atoms with Crippen LogP contribution in [0.1, 0.15) is 0 Å². The van der Waals surface area contributed by atoms with Crippen molar-refractivity contribution in [2.45, 2.75) is 0 Å². The first kappa shape index (κ1) is 7.85. The largest absolute Gasteiger partial charge is 0.479 e. The van der Waals surface area contributed by atoms with Crippen LogP contribution in [0.3, 0.4) is 0 Å². The molecule has 0 saturated carbocycles.